The summed E-state index contributed by atoms with van der Waals surface area (Å²) in [6.07, 6.45) is 2.81. The smallest absolute Gasteiger partial charge is 0.313 e. The highest BCUT2D eigenvalue weighted by Crippen LogP contribution is 1.97. The Morgan fingerprint density at radius 1 is 1.50 bits per heavy atom. The Balaban J connectivity index is 2.10. The Labute approximate surface area is 106 Å². The highest BCUT2D eigenvalue weighted by molar-refractivity contribution is 5.35. The van der Waals surface area contributed by atoms with Gasteiger partial charge in [0, 0.05) is 12.7 Å². The van der Waals surface area contributed by atoms with E-state index in [1.807, 2.05) is 18.2 Å². The summed E-state index contributed by atoms with van der Waals surface area (Å²) in [4.78, 5) is 12.0. The number of nitrogens with zero attached hydrogens (tertiary/aromatic N) is 3. The van der Waals surface area contributed by atoms with Gasteiger partial charge in [-0.25, -0.2) is 9.48 Å². The summed E-state index contributed by atoms with van der Waals surface area (Å²) < 4.78 is 2.98. The molecule has 0 aromatic carbocycles. The highest BCUT2D eigenvalue weighted by atomic mass is 16.2. The van der Waals surface area contributed by atoms with E-state index in [1.54, 1.807) is 6.20 Å². The van der Waals surface area contributed by atoms with Crippen LogP contribution in [-0.2, 0) is 6.54 Å². The number of aromatic nitrogens is 3. The second-order valence-corrected chi connectivity index (χ2v) is 4.30. The first-order valence-electron chi connectivity index (χ1n) is 6.14. The first-order chi connectivity index (χ1) is 8.72. The van der Waals surface area contributed by atoms with Crippen molar-refractivity contribution < 1.29 is 0 Å². The molecule has 0 aliphatic heterocycles. The van der Waals surface area contributed by atoms with Crippen LogP contribution >= 0.6 is 0 Å². The van der Waals surface area contributed by atoms with E-state index in [1.165, 1.54) is 9.08 Å². The molecule has 2 aromatic rings. The maximum Gasteiger partial charge on any atom is 0.350 e. The molecule has 2 rings (SSSR count). The molecular formula is C13H18N4O. The fraction of sp³-hybridized carbons (Fsp3) is 0.385. The monoisotopic (exact) mass is 246 g/mol. The maximum absolute atomic E-state index is 12.0. The molecule has 5 heteroatoms. The Kier molecular flexibility index (Phi) is 3.94. The van der Waals surface area contributed by atoms with Gasteiger partial charge in [0.15, 0.2) is 5.65 Å². The third kappa shape index (κ3) is 2.68. The largest absolute Gasteiger partial charge is 0.350 e. The van der Waals surface area contributed by atoms with E-state index in [0.717, 1.165) is 18.5 Å². The van der Waals surface area contributed by atoms with Crippen molar-refractivity contribution >= 4 is 5.65 Å². The average molecular weight is 246 g/mol. The molecule has 0 spiro atoms. The van der Waals surface area contributed by atoms with Gasteiger partial charge < -0.3 is 5.32 Å². The number of nitrogens with one attached hydrogen (secondary N) is 1. The lowest BCUT2D eigenvalue weighted by atomic mass is 10.3. The number of fused-ring (bicyclic) bond motifs is 1. The van der Waals surface area contributed by atoms with Crippen molar-refractivity contribution in [1.82, 2.24) is 19.5 Å². The standard InChI is InChI=1S/C13H18N4O/c1-3-7-14-9-11(2)10-17-13(18)16-8-5-4-6-12(16)15-17/h4-6,8,14H,2-3,7,9-10H2,1H3. The molecule has 0 aliphatic rings. The van der Waals surface area contributed by atoms with Crippen molar-refractivity contribution in [3.05, 3.63) is 47.0 Å². The fourth-order valence-electron chi connectivity index (χ4n) is 1.78. The molecule has 0 unspecified atom stereocenters. The Bertz CT molecular complexity index is 596. The quantitative estimate of drug-likeness (QED) is 0.612. The normalized spacial score (nSPS) is 10.9. The van der Waals surface area contributed by atoms with Crippen LogP contribution in [0.25, 0.3) is 5.65 Å². The van der Waals surface area contributed by atoms with E-state index < -0.39 is 0 Å². The lowest BCUT2D eigenvalue weighted by Gasteiger charge is -2.05. The number of rotatable bonds is 6. The predicted molar refractivity (Wildman–Crippen MR) is 71.8 cm³/mol. The van der Waals surface area contributed by atoms with Crippen molar-refractivity contribution in [2.24, 2.45) is 0 Å². The summed E-state index contributed by atoms with van der Waals surface area (Å²) in [5.74, 6) is 0. The van der Waals surface area contributed by atoms with Crippen molar-refractivity contribution in [1.29, 1.82) is 0 Å². The second kappa shape index (κ2) is 5.64. The van der Waals surface area contributed by atoms with Crippen LogP contribution in [0.4, 0.5) is 0 Å². The molecule has 0 fully saturated rings. The van der Waals surface area contributed by atoms with Crippen molar-refractivity contribution in [3.63, 3.8) is 0 Å². The molecule has 0 amide bonds. The van der Waals surface area contributed by atoms with Crippen LogP contribution < -0.4 is 11.0 Å². The van der Waals surface area contributed by atoms with Crippen LogP contribution in [0, 0.1) is 0 Å². The van der Waals surface area contributed by atoms with Gasteiger partial charge in [0.1, 0.15) is 0 Å². The summed E-state index contributed by atoms with van der Waals surface area (Å²) in [5.41, 5.74) is 1.49. The molecule has 2 heterocycles. The van der Waals surface area contributed by atoms with Crippen LogP contribution in [0.3, 0.4) is 0 Å². The van der Waals surface area contributed by atoms with Gasteiger partial charge in [-0.2, -0.15) is 0 Å². The zero-order valence-corrected chi connectivity index (χ0v) is 10.6. The van der Waals surface area contributed by atoms with Gasteiger partial charge in [-0.3, -0.25) is 4.40 Å². The number of hydrogen-bond acceptors (Lipinski definition) is 3. The Morgan fingerprint density at radius 2 is 2.33 bits per heavy atom. The topological polar surface area (TPSA) is 51.3 Å². The summed E-state index contributed by atoms with van der Waals surface area (Å²) in [6, 6.07) is 5.50. The van der Waals surface area contributed by atoms with Gasteiger partial charge in [0.25, 0.3) is 0 Å². The van der Waals surface area contributed by atoms with Gasteiger partial charge in [-0.05, 0) is 30.7 Å². The third-order valence-corrected chi connectivity index (χ3v) is 2.66. The Morgan fingerprint density at radius 3 is 3.06 bits per heavy atom. The van der Waals surface area contributed by atoms with Crippen LogP contribution in [0.1, 0.15) is 13.3 Å². The van der Waals surface area contributed by atoms with E-state index in [4.69, 9.17) is 0 Å². The minimum atomic E-state index is -0.123. The molecular weight excluding hydrogens is 228 g/mol. The molecule has 0 radical (unpaired) electrons. The minimum Gasteiger partial charge on any atom is -0.313 e. The number of pyridine rings is 1. The highest BCUT2D eigenvalue weighted by Gasteiger charge is 2.06. The van der Waals surface area contributed by atoms with E-state index in [9.17, 15) is 4.79 Å². The molecule has 0 saturated heterocycles. The first kappa shape index (κ1) is 12.6. The molecule has 0 aliphatic carbocycles. The second-order valence-electron chi connectivity index (χ2n) is 4.30. The van der Waals surface area contributed by atoms with Gasteiger partial charge >= 0.3 is 5.69 Å². The minimum absolute atomic E-state index is 0.123. The summed E-state index contributed by atoms with van der Waals surface area (Å²) in [5, 5.41) is 7.52. The van der Waals surface area contributed by atoms with Gasteiger partial charge in [-0.15, -0.1) is 5.10 Å². The predicted octanol–water partition coefficient (Wildman–Crippen LogP) is 1.05. The van der Waals surface area contributed by atoms with E-state index in [-0.39, 0.29) is 5.69 Å². The zero-order chi connectivity index (χ0) is 13.0. The van der Waals surface area contributed by atoms with Gasteiger partial charge in [0.05, 0.1) is 6.54 Å². The van der Waals surface area contributed by atoms with Gasteiger partial charge in [0.2, 0.25) is 0 Å². The maximum atomic E-state index is 12.0. The fourth-order valence-corrected chi connectivity index (χ4v) is 1.78. The van der Waals surface area contributed by atoms with Crippen molar-refractivity contribution in [3.8, 4) is 0 Å². The lowest BCUT2D eigenvalue weighted by Crippen LogP contribution is -2.25. The Hall–Kier alpha value is -1.88. The van der Waals surface area contributed by atoms with E-state index in [2.05, 4.69) is 23.9 Å². The zero-order valence-electron chi connectivity index (χ0n) is 10.6. The average Bonchev–Trinajstić information content (AvgIpc) is 2.67. The molecule has 0 saturated carbocycles. The summed E-state index contributed by atoms with van der Waals surface area (Å²) >= 11 is 0. The molecule has 0 atom stereocenters. The third-order valence-electron chi connectivity index (χ3n) is 2.66. The number of hydrogen-bond donors (Lipinski definition) is 1. The summed E-state index contributed by atoms with van der Waals surface area (Å²) in [7, 11) is 0. The molecule has 0 bridgehead atoms. The molecule has 1 N–H and O–H groups in total. The van der Waals surface area contributed by atoms with Gasteiger partial charge in [-0.1, -0.05) is 19.6 Å². The SMILES string of the molecule is C=C(CNCCC)Cn1nc2ccccn2c1=O. The molecule has 5 nitrogen and oxygen atoms in total. The van der Waals surface area contributed by atoms with E-state index >= 15 is 0 Å². The first-order valence-corrected chi connectivity index (χ1v) is 6.14. The van der Waals surface area contributed by atoms with E-state index in [0.29, 0.717) is 18.7 Å². The molecule has 18 heavy (non-hydrogen) atoms. The van der Waals surface area contributed by atoms with Crippen LogP contribution in [0.5, 0.6) is 0 Å². The van der Waals surface area contributed by atoms with Crippen LogP contribution in [0.15, 0.2) is 41.3 Å². The van der Waals surface area contributed by atoms with Crippen molar-refractivity contribution in [2.75, 3.05) is 13.1 Å². The van der Waals surface area contributed by atoms with Crippen LogP contribution in [-0.4, -0.2) is 27.3 Å². The summed E-state index contributed by atoms with van der Waals surface area (Å²) in [6.45, 7) is 8.20. The molecule has 2 aromatic heterocycles. The van der Waals surface area contributed by atoms with Crippen LogP contribution in [0.2, 0.25) is 0 Å². The lowest BCUT2D eigenvalue weighted by molar-refractivity contribution is 0.616. The van der Waals surface area contributed by atoms with Crippen molar-refractivity contribution in [2.45, 2.75) is 19.9 Å². The molecule has 96 valence electrons.